The van der Waals surface area contributed by atoms with Crippen molar-refractivity contribution in [1.82, 2.24) is 10.2 Å². The van der Waals surface area contributed by atoms with Crippen molar-refractivity contribution >= 4 is 5.91 Å². The second-order valence-corrected chi connectivity index (χ2v) is 5.55. The molecular weight excluding hydrogens is 231 g/mol. The molecular formula is C14H19FN2O. The smallest absolute Gasteiger partial charge is 0.254 e. The van der Waals surface area contributed by atoms with Gasteiger partial charge in [-0.15, -0.1) is 0 Å². The number of nitrogens with zero attached hydrogens (tertiary/aromatic N) is 1. The number of amides is 1. The maximum atomic E-state index is 13.3. The maximum Gasteiger partial charge on any atom is 0.254 e. The summed E-state index contributed by atoms with van der Waals surface area (Å²) < 4.78 is 13.3. The maximum absolute atomic E-state index is 13.3. The van der Waals surface area contributed by atoms with Gasteiger partial charge in [-0.1, -0.05) is 0 Å². The molecule has 1 aromatic carbocycles. The lowest BCUT2D eigenvalue weighted by Crippen LogP contribution is -2.58. The summed E-state index contributed by atoms with van der Waals surface area (Å²) in [5, 5.41) is 3.35. The molecule has 2 rings (SSSR count). The van der Waals surface area contributed by atoms with E-state index in [1.807, 2.05) is 0 Å². The molecule has 0 radical (unpaired) electrons. The van der Waals surface area contributed by atoms with Crippen LogP contribution in [0.2, 0.25) is 0 Å². The first-order chi connectivity index (χ1) is 8.37. The van der Waals surface area contributed by atoms with Crippen LogP contribution in [0.3, 0.4) is 0 Å². The highest BCUT2D eigenvalue weighted by Crippen LogP contribution is 2.15. The third kappa shape index (κ3) is 2.88. The fraction of sp³-hybridized carbons (Fsp3) is 0.500. The van der Waals surface area contributed by atoms with E-state index in [0.29, 0.717) is 18.7 Å². The molecule has 0 bridgehead atoms. The van der Waals surface area contributed by atoms with Gasteiger partial charge < -0.3 is 10.2 Å². The average Bonchev–Trinajstić information content (AvgIpc) is 2.25. The van der Waals surface area contributed by atoms with Crippen molar-refractivity contribution in [3.63, 3.8) is 0 Å². The van der Waals surface area contributed by atoms with Gasteiger partial charge in [-0.05, 0) is 44.5 Å². The predicted octanol–water partition coefficient (Wildman–Crippen LogP) is 1.96. The highest BCUT2D eigenvalue weighted by Gasteiger charge is 2.29. The van der Waals surface area contributed by atoms with Gasteiger partial charge >= 0.3 is 0 Å². The highest BCUT2D eigenvalue weighted by molar-refractivity contribution is 5.94. The van der Waals surface area contributed by atoms with Gasteiger partial charge in [0, 0.05) is 30.7 Å². The van der Waals surface area contributed by atoms with Crippen LogP contribution in [0.4, 0.5) is 4.39 Å². The second-order valence-electron chi connectivity index (χ2n) is 5.55. The molecule has 1 aromatic rings. The van der Waals surface area contributed by atoms with Crippen molar-refractivity contribution in [1.29, 1.82) is 0 Å². The van der Waals surface area contributed by atoms with Crippen LogP contribution in [0.5, 0.6) is 0 Å². The third-order valence-corrected chi connectivity index (χ3v) is 3.15. The van der Waals surface area contributed by atoms with Gasteiger partial charge in [0.05, 0.1) is 0 Å². The SMILES string of the molecule is Cc1cc(F)cc(C(=O)N2CCNC(C)(C)C2)c1. The number of piperazine rings is 1. The van der Waals surface area contributed by atoms with E-state index in [1.165, 1.54) is 12.1 Å². The van der Waals surface area contributed by atoms with Crippen molar-refractivity contribution in [3.05, 3.63) is 35.1 Å². The minimum atomic E-state index is -0.354. The molecule has 0 aliphatic carbocycles. The van der Waals surface area contributed by atoms with Crippen molar-refractivity contribution in [2.75, 3.05) is 19.6 Å². The second kappa shape index (κ2) is 4.69. The molecule has 1 heterocycles. The van der Waals surface area contributed by atoms with E-state index in [9.17, 15) is 9.18 Å². The molecule has 4 heteroatoms. The van der Waals surface area contributed by atoms with Gasteiger partial charge in [0.1, 0.15) is 5.82 Å². The Labute approximate surface area is 107 Å². The minimum Gasteiger partial charge on any atom is -0.336 e. The lowest BCUT2D eigenvalue weighted by molar-refractivity contribution is 0.0651. The van der Waals surface area contributed by atoms with Gasteiger partial charge in [-0.3, -0.25) is 4.79 Å². The Morgan fingerprint density at radius 1 is 1.39 bits per heavy atom. The summed E-state index contributed by atoms with van der Waals surface area (Å²) in [5.74, 6) is -0.445. The lowest BCUT2D eigenvalue weighted by atomic mass is 10.0. The molecule has 1 amide bonds. The molecule has 0 unspecified atom stereocenters. The summed E-state index contributed by atoms with van der Waals surface area (Å²) in [7, 11) is 0. The number of carbonyl (C=O) groups excluding carboxylic acids is 1. The quantitative estimate of drug-likeness (QED) is 0.826. The van der Waals surface area contributed by atoms with Crippen LogP contribution in [-0.4, -0.2) is 36.0 Å². The molecule has 1 fully saturated rings. The summed E-state index contributed by atoms with van der Waals surface area (Å²) >= 11 is 0. The molecule has 1 aliphatic rings. The molecule has 18 heavy (non-hydrogen) atoms. The fourth-order valence-corrected chi connectivity index (χ4v) is 2.36. The number of nitrogens with one attached hydrogen (secondary N) is 1. The first kappa shape index (κ1) is 13.0. The largest absolute Gasteiger partial charge is 0.336 e. The standard InChI is InChI=1S/C14H19FN2O/c1-10-6-11(8-12(15)7-10)13(18)17-5-4-16-14(2,3)9-17/h6-8,16H,4-5,9H2,1-3H3. The van der Waals surface area contributed by atoms with E-state index in [-0.39, 0.29) is 17.3 Å². The monoisotopic (exact) mass is 250 g/mol. The van der Waals surface area contributed by atoms with Crippen LogP contribution in [0, 0.1) is 12.7 Å². The van der Waals surface area contributed by atoms with Crippen LogP contribution in [0.1, 0.15) is 29.8 Å². The van der Waals surface area contributed by atoms with E-state index in [2.05, 4.69) is 19.2 Å². The van der Waals surface area contributed by atoms with E-state index in [0.717, 1.165) is 12.1 Å². The van der Waals surface area contributed by atoms with Crippen molar-refractivity contribution in [2.24, 2.45) is 0 Å². The van der Waals surface area contributed by atoms with Crippen molar-refractivity contribution < 1.29 is 9.18 Å². The molecule has 0 aromatic heterocycles. The molecule has 1 aliphatic heterocycles. The Hall–Kier alpha value is -1.42. The first-order valence-electron chi connectivity index (χ1n) is 6.19. The third-order valence-electron chi connectivity index (χ3n) is 3.15. The fourth-order valence-electron chi connectivity index (χ4n) is 2.36. The van der Waals surface area contributed by atoms with Gasteiger partial charge in [0.15, 0.2) is 0 Å². The van der Waals surface area contributed by atoms with E-state index in [4.69, 9.17) is 0 Å². The number of aryl methyl sites for hydroxylation is 1. The van der Waals surface area contributed by atoms with Gasteiger partial charge in [0.2, 0.25) is 0 Å². The zero-order chi connectivity index (χ0) is 13.3. The molecule has 0 spiro atoms. The van der Waals surface area contributed by atoms with Gasteiger partial charge in [-0.25, -0.2) is 4.39 Å². The summed E-state index contributed by atoms with van der Waals surface area (Å²) in [6.45, 7) is 7.99. The van der Waals surface area contributed by atoms with Crippen LogP contribution in [0.15, 0.2) is 18.2 Å². The van der Waals surface area contributed by atoms with Crippen molar-refractivity contribution in [3.8, 4) is 0 Å². The Morgan fingerprint density at radius 3 is 2.72 bits per heavy atom. The van der Waals surface area contributed by atoms with Gasteiger partial charge in [0.25, 0.3) is 5.91 Å². The Morgan fingerprint density at radius 2 is 2.11 bits per heavy atom. The van der Waals surface area contributed by atoms with E-state index >= 15 is 0 Å². The molecule has 0 atom stereocenters. The first-order valence-corrected chi connectivity index (χ1v) is 6.19. The summed E-state index contributed by atoms with van der Waals surface area (Å²) in [6.07, 6.45) is 0. The topological polar surface area (TPSA) is 32.3 Å². The lowest BCUT2D eigenvalue weighted by Gasteiger charge is -2.39. The number of benzene rings is 1. The molecule has 1 N–H and O–H groups in total. The zero-order valence-electron chi connectivity index (χ0n) is 11.1. The molecule has 98 valence electrons. The van der Waals surface area contributed by atoms with Crippen molar-refractivity contribution in [2.45, 2.75) is 26.3 Å². The van der Waals surface area contributed by atoms with Crippen LogP contribution in [0.25, 0.3) is 0 Å². The van der Waals surface area contributed by atoms with E-state index in [1.54, 1.807) is 17.9 Å². The highest BCUT2D eigenvalue weighted by atomic mass is 19.1. The van der Waals surface area contributed by atoms with E-state index < -0.39 is 0 Å². The number of hydrogen-bond donors (Lipinski definition) is 1. The zero-order valence-corrected chi connectivity index (χ0v) is 11.1. The minimum absolute atomic E-state index is 0.0870. The predicted molar refractivity (Wildman–Crippen MR) is 69.1 cm³/mol. The average molecular weight is 250 g/mol. The Bertz CT molecular complexity index is 451. The number of halogens is 1. The summed E-state index contributed by atoms with van der Waals surface area (Å²) in [6, 6.07) is 4.48. The summed E-state index contributed by atoms with van der Waals surface area (Å²) in [5.41, 5.74) is 1.12. The number of carbonyl (C=O) groups is 1. The molecule has 3 nitrogen and oxygen atoms in total. The van der Waals surface area contributed by atoms with Crippen LogP contribution in [-0.2, 0) is 0 Å². The van der Waals surface area contributed by atoms with Crippen LogP contribution < -0.4 is 5.32 Å². The molecule has 0 saturated carbocycles. The molecule has 1 saturated heterocycles. The number of hydrogen-bond acceptors (Lipinski definition) is 2. The Balaban J connectivity index is 2.20. The number of rotatable bonds is 1. The van der Waals surface area contributed by atoms with Gasteiger partial charge in [-0.2, -0.15) is 0 Å². The normalized spacial score (nSPS) is 18.8. The Kier molecular flexibility index (Phi) is 3.39. The summed E-state index contributed by atoms with van der Waals surface area (Å²) in [4.78, 5) is 14.1. The van der Waals surface area contributed by atoms with Crippen LogP contribution >= 0.6 is 0 Å².